The molecule has 6 heteroatoms. The Morgan fingerprint density at radius 1 is 1.17 bits per heavy atom. The molecule has 0 aliphatic heterocycles. The van der Waals surface area contributed by atoms with Gasteiger partial charge in [-0.3, -0.25) is 4.79 Å². The van der Waals surface area contributed by atoms with Crippen molar-refractivity contribution >= 4 is 18.0 Å². The zero-order valence-corrected chi connectivity index (χ0v) is 17.1. The van der Waals surface area contributed by atoms with Crippen molar-refractivity contribution in [3.05, 3.63) is 53.3 Å². The molecule has 1 heterocycles. The van der Waals surface area contributed by atoms with Crippen molar-refractivity contribution in [2.45, 2.75) is 51.5 Å². The number of nitrogens with zero attached hydrogens (tertiary/aromatic N) is 1. The minimum absolute atomic E-state index is 0.0236. The Labute approximate surface area is 176 Å². The molecule has 3 rings (SSSR count). The molecule has 30 heavy (non-hydrogen) atoms. The molecule has 0 unspecified atom stereocenters. The Morgan fingerprint density at radius 2 is 1.90 bits per heavy atom. The number of hydrogen-bond donors (Lipinski definition) is 1. The summed E-state index contributed by atoms with van der Waals surface area (Å²) in [5, 5.41) is 12.3. The van der Waals surface area contributed by atoms with E-state index in [1.54, 1.807) is 36.4 Å². The molecule has 1 aliphatic carbocycles. The summed E-state index contributed by atoms with van der Waals surface area (Å²) in [5.74, 6) is 0.290. The van der Waals surface area contributed by atoms with Gasteiger partial charge in [-0.15, -0.1) is 0 Å². The normalized spacial score (nSPS) is 14.7. The average Bonchev–Trinajstić information content (AvgIpc) is 3.25. The van der Waals surface area contributed by atoms with Gasteiger partial charge in [-0.05, 0) is 43.5 Å². The van der Waals surface area contributed by atoms with Crippen LogP contribution in [0.1, 0.15) is 61.6 Å². The summed E-state index contributed by atoms with van der Waals surface area (Å²) < 4.78 is 10.9. The minimum atomic E-state index is -0.364. The van der Waals surface area contributed by atoms with Crippen LogP contribution < -0.4 is 5.32 Å². The van der Waals surface area contributed by atoms with Gasteiger partial charge in [0, 0.05) is 17.7 Å². The Morgan fingerprint density at radius 3 is 2.57 bits per heavy atom. The predicted octanol–water partition coefficient (Wildman–Crippen LogP) is 4.87. The van der Waals surface area contributed by atoms with E-state index in [2.05, 4.69) is 5.32 Å². The van der Waals surface area contributed by atoms with Crippen LogP contribution in [0.2, 0.25) is 0 Å². The van der Waals surface area contributed by atoms with Crippen molar-refractivity contribution in [2.24, 2.45) is 0 Å². The highest BCUT2D eigenvalue weighted by Gasteiger charge is 2.18. The van der Waals surface area contributed by atoms with E-state index in [1.165, 1.54) is 12.5 Å². The number of esters is 1. The lowest BCUT2D eigenvalue weighted by molar-refractivity contribution is -0.117. The van der Waals surface area contributed by atoms with E-state index in [1.807, 2.05) is 13.0 Å². The highest BCUT2D eigenvalue weighted by Crippen LogP contribution is 2.24. The van der Waals surface area contributed by atoms with Gasteiger partial charge in [0.05, 0.1) is 12.2 Å². The van der Waals surface area contributed by atoms with Crippen LogP contribution in [-0.4, -0.2) is 24.5 Å². The lowest BCUT2D eigenvalue weighted by Crippen LogP contribution is -2.36. The van der Waals surface area contributed by atoms with E-state index in [0.29, 0.717) is 23.7 Å². The molecule has 0 atom stereocenters. The highest BCUT2D eigenvalue weighted by molar-refractivity contribution is 6.01. The van der Waals surface area contributed by atoms with Gasteiger partial charge in [0.15, 0.2) is 0 Å². The lowest BCUT2D eigenvalue weighted by atomic mass is 9.95. The summed E-state index contributed by atoms with van der Waals surface area (Å²) in [7, 11) is 0. The third-order valence-electron chi connectivity index (χ3n) is 5.06. The van der Waals surface area contributed by atoms with E-state index in [-0.39, 0.29) is 23.5 Å². The molecule has 6 nitrogen and oxygen atoms in total. The zero-order valence-electron chi connectivity index (χ0n) is 17.1. The Hall–Kier alpha value is -3.33. The number of carbonyl (C=O) groups excluding carboxylic acids is 2. The molecular formula is C24H26N2O4. The maximum absolute atomic E-state index is 12.4. The summed E-state index contributed by atoms with van der Waals surface area (Å²) in [6, 6.07) is 12.5. The molecule has 1 aromatic carbocycles. The first-order chi connectivity index (χ1) is 14.6. The monoisotopic (exact) mass is 406 g/mol. The third-order valence-corrected chi connectivity index (χ3v) is 5.06. The summed E-state index contributed by atoms with van der Waals surface area (Å²) in [6.07, 6.45) is 7.55. The molecule has 2 aromatic rings. The minimum Gasteiger partial charge on any atom is -0.462 e. The second-order valence-corrected chi connectivity index (χ2v) is 7.39. The fraction of sp³-hybridized carbons (Fsp3) is 0.375. The van der Waals surface area contributed by atoms with Crippen LogP contribution in [0.3, 0.4) is 0 Å². The zero-order chi connectivity index (χ0) is 21.3. The van der Waals surface area contributed by atoms with Crippen LogP contribution in [0.25, 0.3) is 17.4 Å². The first-order valence-electron chi connectivity index (χ1n) is 10.4. The van der Waals surface area contributed by atoms with E-state index in [9.17, 15) is 14.9 Å². The number of amides is 1. The molecule has 0 bridgehead atoms. The van der Waals surface area contributed by atoms with Crippen LogP contribution in [0.5, 0.6) is 0 Å². The quantitative estimate of drug-likeness (QED) is 0.402. The molecule has 0 spiro atoms. The summed E-state index contributed by atoms with van der Waals surface area (Å²) in [4.78, 5) is 24.3. The highest BCUT2D eigenvalue weighted by atomic mass is 16.5. The SMILES string of the molecule is CCCOC(=O)c1ccc(-c2ccc(/C=C(\C#N)C(=O)NC3CCCCC3)o2)cc1. The summed E-state index contributed by atoms with van der Waals surface area (Å²) in [5.41, 5.74) is 1.28. The second-order valence-electron chi connectivity index (χ2n) is 7.39. The van der Waals surface area contributed by atoms with E-state index >= 15 is 0 Å². The molecule has 1 amide bonds. The number of nitrogens with one attached hydrogen (secondary N) is 1. The maximum atomic E-state index is 12.4. The smallest absolute Gasteiger partial charge is 0.338 e. The van der Waals surface area contributed by atoms with Crippen molar-refractivity contribution in [2.75, 3.05) is 6.61 Å². The van der Waals surface area contributed by atoms with Gasteiger partial charge < -0.3 is 14.5 Å². The van der Waals surface area contributed by atoms with Crippen molar-refractivity contribution in [1.82, 2.24) is 5.32 Å². The first-order valence-corrected chi connectivity index (χ1v) is 10.4. The summed E-state index contributed by atoms with van der Waals surface area (Å²) >= 11 is 0. The molecule has 0 saturated heterocycles. The molecule has 1 N–H and O–H groups in total. The van der Waals surface area contributed by atoms with E-state index < -0.39 is 0 Å². The van der Waals surface area contributed by atoms with Crippen LogP contribution in [0, 0.1) is 11.3 Å². The molecule has 1 saturated carbocycles. The van der Waals surface area contributed by atoms with Gasteiger partial charge in [0.1, 0.15) is 23.2 Å². The Bertz CT molecular complexity index is 944. The molecule has 1 aliphatic rings. The van der Waals surface area contributed by atoms with Gasteiger partial charge in [0.25, 0.3) is 5.91 Å². The summed E-state index contributed by atoms with van der Waals surface area (Å²) in [6.45, 7) is 2.33. The largest absolute Gasteiger partial charge is 0.462 e. The fourth-order valence-electron chi connectivity index (χ4n) is 3.44. The van der Waals surface area contributed by atoms with Crippen LogP contribution in [0.4, 0.5) is 0 Å². The lowest BCUT2D eigenvalue weighted by Gasteiger charge is -2.22. The average molecular weight is 406 g/mol. The fourth-order valence-corrected chi connectivity index (χ4v) is 3.44. The number of ether oxygens (including phenoxy) is 1. The number of carbonyl (C=O) groups is 2. The van der Waals surface area contributed by atoms with E-state index in [0.717, 1.165) is 37.7 Å². The molecule has 0 radical (unpaired) electrons. The topological polar surface area (TPSA) is 92.3 Å². The van der Waals surface area contributed by atoms with Crippen molar-refractivity contribution in [3.63, 3.8) is 0 Å². The number of hydrogen-bond acceptors (Lipinski definition) is 5. The predicted molar refractivity (Wildman–Crippen MR) is 113 cm³/mol. The van der Waals surface area contributed by atoms with Gasteiger partial charge in [0.2, 0.25) is 0 Å². The Kier molecular flexibility index (Phi) is 7.45. The van der Waals surface area contributed by atoms with Gasteiger partial charge in [-0.1, -0.05) is 38.3 Å². The van der Waals surface area contributed by atoms with Gasteiger partial charge >= 0.3 is 5.97 Å². The molecular weight excluding hydrogens is 380 g/mol. The number of nitriles is 1. The van der Waals surface area contributed by atoms with Crippen LogP contribution in [-0.2, 0) is 9.53 Å². The van der Waals surface area contributed by atoms with Crippen molar-refractivity contribution in [3.8, 4) is 17.4 Å². The Balaban J connectivity index is 1.67. The standard InChI is InChI=1S/C24H26N2O4/c1-2-14-29-24(28)18-10-8-17(9-11-18)22-13-12-21(30-22)15-19(16-25)23(27)26-20-6-4-3-5-7-20/h8-13,15,20H,2-7,14H2,1H3,(H,26,27)/b19-15+. The van der Waals surface area contributed by atoms with Crippen molar-refractivity contribution in [1.29, 1.82) is 5.26 Å². The van der Waals surface area contributed by atoms with Crippen molar-refractivity contribution < 1.29 is 18.7 Å². The van der Waals surface area contributed by atoms with E-state index in [4.69, 9.17) is 9.15 Å². The number of rotatable bonds is 7. The molecule has 1 aromatic heterocycles. The molecule has 1 fully saturated rings. The third kappa shape index (κ3) is 5.60. The molecule has 156 valence electrons. The maximum Gasteiger partial charge on any atom is 0.338 e. The second kappa shape index (κ2) is 10.4. The number of furan rings is 1. The number of benzene rings is 1. The van der Waals surface area contributed by atoms with Crippen LogP contribution >= 0.6 is 0 Å². The van der Waals surface area contributed by atoms with Crippen LogP contribution in [0.15, 0.2) is 46.4 Å². The van der Waals surface area contributed by atoms with Gasteiger partial charge in [-0.25, -0.2) is 4.79 Å². The van der Waals surface area contributed by atoms with Gasteiger partial charge in [-0.2, -0.15) is 5.26 Å². The first kappa shape index (κ1) is 21.4.